The molecule has 8 heteroatoms. The molecular formula is C10H12ClIN4O2. The van der Waals surface area contributed by atoms with Crippen LogP contribution in [-0.4, -0.2) is 33.4 Å². The Labute approximate surface area is 122 Å². The van der Waals surface area contributed by atoms with E-state index in [1.165, 1.54) is 6.20 Å². The molecule has 6 nitrogen and oxygen atoms in total. The van der Waals surface area contributed by atoms with Crippen molar-refractivity contribution >= 4 is 34.2 Å². The third-order valence-electron chi connectivity index (χ3n) is 2.63. The maximum atomic E-state index is 11.5. The van der Waals surface area contributed by atoms with Gasteiger partial charge in [0.05, 0.1) is 3.57 Å². The number of hydrogen-bond donors (Lipinski definition) is 2. The van der Waals surface area contributed by atoms with Gasteiger partial charge in [-0.2, -0.15) is 0 Å². The second-order valence-electron chi connectivity index (χ2n) is 3.85. The van der Waals surface area contributed by atoms with Gasteiger partial charge >= 0.3 is 0 Å². The summed E-state index contributed by atoms with van der Waals surface area (Å²) in [6, 6.07) is 0. The summed E-state index contributed by atoms with van der Waals surface area (Å²) in [7, 11) is 0. The van der Waals surface area contributed by atoms with Gasteiger partial charge in [0.1, 0.15) is 5.82 Å². The molecule has 0 bridgehead atoms. The van der Waals surface area contributed by atoms with E-state index in [2.05, 4.69) is 20.2 Å². The van der Waals surface area contributed by atoms with Crippen molar-refractivity contribution in [2.75, 3.05) is 13.2 Å². The normalized spacial score (nSPS) is 16.3. The Balaban J connectivity index is 2.45. The molecule has 0 amide bonds. The topological polar surface area (TPSA) is 83.7 Å². The Hall–Kier alpha value is -0.670. The standard InChI is InChI=1S/C10H12ClIN4O2/c11-10-14-9(17)7(12)5-13-8(15-16-10)6-1-3-18-4-2-6/h5-6H,1-4H2,(H,13,15)(H,14,16,17). The number of aromatic amines is 2. The quantitative estimate of drug-likeness (QED) is 0.725. The van der Waals surface area contributed by atoms with Crippen LogP contribution in [0.2, 0.25) is 5.28 Å². The summed E-state index contributed by atoms with van der Waals surface area (Å²) in [4.78, 5) is 18.3. The van der Waals surface area contributed by atoms with Crippen LogP contribution in [-0.2, 0) is 4.74 Å². The molecule has 0 aromatic carbocycles. The molecule has 98 valence electrons. The van der Waals surface area contributed by atoms with Crippen molar-refractivity contribution < 1.29 is 4.74 Å². The lowest BCUT2D eigenvalue weighted by molar-refractivity contribution is 0.0834. The molecule has 0 saturated carbocycles. The molecule has 0 atom stereocenters. The molecule has 18 heavy (non-hydrogen) atoms. The van der Waals surface area contributed by atoms with Crippen LogP contribution in [0.1, 0.15) is 24.6 Å². The number of H-pyrrole nitrogens is 2. The minimum atomic E-state index is -0.317. The van der Waals surface area contributed by atoms with Gasteiger partial charge in [-0.3, -0.25) is 14.9 Å². The van der Waals surface area contributed by atoms with Crippen molar-refractivity contribution in [3.05, 3.63) is 31.2 Å². The average molecular weight is 383 g/mol. The molecule has 1 aromatic rings. The van der Waals surface area contributed by atoms with Gasteiger partial charge in [-0.1, -0.05) is 0 Å². The SMILES string of the molecule is O=c1[nH]c(Cl)n[nH]c(C2CCOCC2)ncc1I. The van der Waals surface area contributed by atoms with Crippen LogP contribution in [0.3, 0.4) is 0 Å². The minimum Gasteiger partial charge on any atom is -0.381 e. The fourth-order valence-electron chi connectivity index (χ4n) is 1.67. The van der Waals surface area contributed by atoms with E-state index in [1.807, 2.05) is 22.6 Å². The Kier molecular flexibility index (Phi) is 4.95. The summed E-state index contributed by atoms with van der Waals surface area (Å²) in [5.74, 6) is 0.961. The van der Waals surface area contributed by atoms with Crippen LogP contribution in [0.15, 0.2) is 11.0 Å². The lowest BCUT2D eigenvalue weighted by Crippen LogP contribution is -2.16. The maximum absolute atomic E-state index is 11.5. The number of nitrogens with one attached hydrogen (secondary N) is 2. The first-order chi connectivity index (χ1) is 8.66. The second-order valence-corrected chi connectivity index (χ2v) is 5.37. The molecule has 1 saturated heterocycles. The number of ether oxygens (including phenoxy) is 1. The zero-order valence-corrected chi connectivity index (χ0v) is 12.4. The van der Waals surface area contributed by atoms with Gasteiger partial charge in [-0.15, -0.1) is 5.10 Å². The fourth-order valence-corrected chi connectivity index (χ4v) is 2.07. The predicted octanol–water partition coefficient (Wildman–Crippen LogP) is 1.77. The van der Waals surface area contributed by atoms with E-state index >= 15 is 0 Å². The molecule has 1 aromatic heterocycles. The summed E-state index contributed by atoms with van der Waals surface area (Å²) >= 11 is 7.68. The number of hydrogen-bond acceptors (Lipinski definition) is 4. The molecule has 1 aliphatic heterocycles. The third-order valence-corrected chi connectivity index (χ3v) is 3.57. The maximum Gasteiger partial charge on any atom is 0.265 e. The highest BCUT2D eigenvalue weighted by atomic mass is 127. The van der Waals surface area contributed by atoms with Crippen molar-refractivity contribution in [3.8, 4) is 0 Å². The Morgan fingerprint density at radius 1 is 1.44 bits per heavy atom. The van der Waals surface area contributed by atoms with E-state index < -0.39 is 0 Å². The monoisotopic (exact) mass is 382 g/mol. The summed E-state index contributed by atoms with van der Waals surface area (Å²) in [6.45, 7) is 1.42. The van der Waals surface area contributed by atoms with E-state index in [1.54, 1.807) is 0 Å². The van der Waals surface area contributed by atoms with Crippen LogP contribution in [0.5, 0.6) is 0 Å². The summed E-state index contributed by atoms with van der Waals surface area (Å²) in [6.07, 6.45) is 3.27. The predicted molar refractivity (Wildman–Crippen MR) is 75.2 cm³/mol. The lowest BCUT2D eigenvalue weighted by Gasteiger charge is -2.20. The van der Waals surface area contributed by atoms with Gasteiger partial charge in [0.15, 0.2) is 0 Å². The molecule has 2 rings (SSSR count). The number of aromatic nitrogens is 4. The van der Waals surface area contributed by atoms with Crippen LogP contribution in [0, 0.1) is 3.57 Å². The molecule has 1 fully saturated rings. The van der Waals surface area contributed by atoms with Crippen LogP contribution >= 0.6 is 34.2 Å². The van der Waals surface area contributed by atoms with Gasteiger partial charge in [0, 0.05) is 25.3 Å². The Morgan fingerprint density at radius 3 is 2.89 bits per heavy atom. The first-order valence-corrected chi connectivity index (χ1v) is 6.94. The zero-order valence-electron chi connectivity index (χ0n) is 9.45. The summed E-state index contributed by atoms with van der Waals surface area (Å²) < 4.78 is 5.76. The summed E-state index contributed by atoms with van der Waals surface area (Å²) in [5, 5.41) is 6.69. The third kappa shape index (κ3) is 3.66. The molecule has 0 radical (unpaired) electrons. The van der Waals surface area contributed by atoms with Crippen molar-refractivity contribution in [2.45, 2.75) is 18.8 Å². The first-order valence-electron chi connectivity index (χ1n) is 5.48. The highest BCUT2D eigenvalue weighted by Crippen LogP contribution is 2.22. The number of nitrogens with zero attached hydrogens (tertiary/aromatic N) is 2. The van der Waals surface area contributed by atoms with Crippen molar-refractivity contribution in [1.29, 1.82) is 0 Å². The minimum absolute atomic E-state index is 0.00391. The largest absolute Gasteiger partial charge is 0.381 e. The number of halogens is 2. The number of rotatable bonds is 1. The van der Waals surface area contributed by atoms with Gasteiger partial charge in [0.25, 0.3) is 5.56 Å². The zero-order chi connectivity index (χ0) is 13.0. The smallest absolute Gasteiger partial charge is 0.265 e. The Bertz CT molecular complexity index is 523. The molecule has 0 spiro atoms. The molecule has 0 aliphatic carbocycles. The van der Waals surface area contributed by atoms with Crippen molar-refractivity contribution in [3.63, 3.8) is 0 Å². The summed E-state index contributed by atoms with van der Waals surface area (Å²) in [5.41, 5.74) is -0.317. The van der Waals surface area contributed by atoms with E-state index in [9.17, 15) is 4.79 Å². The first kappa shape index (κ1) is 13.8. The van der Waals surface area contributed by atoms with Gasteiger partial charge in [0.2, 0.25) is 5.28 Å². The van der Waals surface area contributed by atoms with Gasteiger partial charge in [-0.05, 0) is 47.0 Å². The highest BCUT2D eigenvalue weighted by Gasteiger charge is 2.17. The van der Waals surface area contributed by atoms with E-state index in [-0.39, 0.29) is 16.8 Å². The van der Waals surface area contributed by atoms with E-state index in [0.29, 0.717) is 22.6 Å². The average Bonchev–Trinajstić information content (AvgIpc) is 2.44. The molecule has 0 unspecified atom stereocenters. The highest BCUT2D eigenvalue weighted by molar-refractivity contribution is 14.1. The van der Waals surface area contributed by atoms with Crippen LogP contribution in [0.25, 0.3) is 0 Å². The fraction of sp³-hybridized carbons (Fsp3) is 0.500. The van der Waals surface area contributed by atoms with Crippen LogP contribution < -0.4 is 5.56 Å². The molecule has 2 heterocycles. The van der Waals surface area contributed by atoms with Gasteiger partial charge in [-0.25, -0.2) is 4.98 Å². The second kappa shape index (κ2) is 6.48. The van der Waals surface area contributed by atoms with E-state index in [4.69, 9.17) is 16.3 Å². The Morgan fingerprint density at radius 2 is 2.17 bits per heavy atom. The van der Waals surface area contributed by atoms with Gasteiger partial charge < -0.3 is 4.74 Å². The lowest BCUT2D eigenvalue weighted by atomic mass is 10.00. The van der Waals surface area contributed by atoms with Crippen molar-refractivity contribution in [1.82, 2.24) is 20.2 Å². The van der Waals surface area contributed by atoms with E-state index in [0.717, 1.165) is 12.8 Å². The molecular weight excluding hydrogens is 370 g/mol. The molecule has 2 N–H and O–H groups in total. The molecule has 1 aliphatic rings. The van der Waals surface area contributed by atoms with Crippen LogP contribution in [0.4, 0.5) is 0 Å². The van der Waals surface area contributed by atoms with Crippen molar-refractivity contribution in [2.24, 2.45) is 0 Å².